The lowest BCUT2D eigenvalue weighted by Crippen LogP contribution is -2.48. The summed E-state index contributed by atoms with van der Waals surface area (Å²) in [5.41, 5.74) is -0.179. The third-order valence-corrected chi connectivity index (χ3v) is 5.61. The summed E-state index contributed by atoms with van der Waals surface area (Å²) in [4.78, 5) is 11.0. The van der Waals surface area contributed by atoms with E-state index in [1.165, 1.54) is 24.3 Å². The molecule has 108 valence electrons. The van der Waals surface area contributed by atoms with Gasteiger partial charge in [0.25, 0.3) is 0 Å². The Bertz CT molecular complexity index is 657. The molecule has 2 fully saturated rings. The molecule has 0 heterocycles. The van der Waals surface area contributed by atoms with E-state index in [1.807, 2.05) is 0 Å². The second kappa shape index (κ2) is 4.26. The predicted octanol–water partition coefficient (Wildman–Crippen LogP) is 1.11. The van der Waals surface area contributed by atoms with Crippen molar-refractivity contribution in [2.45, 2.75) is 24.6 Å². The maximum absolute atomic E-state index is 12.7. The van der Waals surface area contributed by atoms with Crippen LogP contribution in [0, 0.1) is 17.2 Å². The molecule has 3 atom stereocenters. The Labute approximate surface area is 115 Å². The zero-order valence-corrected chi connectivity index (χ0v) is 11.4. The Balaban J connectivity index is 1.61. The van der Waals surface area contributed by atoms with Crippen LogP contribution in [0.4, 0.5) is 4.39 Å². The molecule has 3 rings (SSSR count). The van der Waals surface area contributed by atoms with Crippen LogP contribution >= 0.6 is 0 Å². The number of carboxylic acids is 1. The zero-order chi connectivity index (χ0) is 14.5. The molecule has 0 aliphatic heterocycles. The van der Waals surface area contributed by atoms with E-state index in [9.17, 15) is 17.6 Å². The summed E-state index contributed by atoms with van der Waals surface area (Å²) >= 11 is 0. The van der Waals surface area contributed by atoms with Gasteiger partial charge >= 0.3 is 5.97 Å². The second-order valence-corrected chi connectivity index (χ2v) is 7.34. The van der Waals surface area contributed by atoms with Crippen molar-refractivity contribution >= 4 is 16.0 Å². The van der Waals surface area contributed by atoms with Gasteiger partial charge in [0.05, 0.1) is 11.2 Å². The lowest BCUT2D eigenvalue weighted by atomic mass is 9.81. The van der Waals surface area contributed by atoms with Crippen molar-refractivity contribution in [3.05, 3.63) is 35.6 Å². The molecule has 0 bridgehead atoms. The summed E-state index contributed by atoms with van der Waals surface area (Å²) in [5, 5.41) is 9.00. The first kappa shape index (κ1) is 13.5. The summed E-state index contributed by atoms with van der Waals surface area (Å²) in [6.45, 7) is 0. The Hall–Kier alpha value is -1.47. The number of fused-ring (bicyclic) bond motifs is 1. The SMILES string of the molecule is O=C(O)[C@@]12C[C@H](NS(=O)(=O)Cc3ccc(F)cc3)[C@@H]1C2. The van der Waals surface area contributed by atoms with Crippen molar-refractivity contribution in [1.29, 1.82) is 0 Å². The largest absolute Gasteiger partial charge is 0.481 e. The number of carboxylic acid groups (broad SMARTS) is 1. The molecule has 1 aromatic rings. The molecule has 5 nitrogen and oxygen atoms in total. The van der Waals surface area contributed by atoms with Crippen molar-refractivity contribution < 1.29 is 22.7 Å². The highest BCUT2D eigenvalue weighted by Crippen LogP contribution is 2.67. The minimum absolute atomic E-state index is 0.0806. The van der Waals surface area contributed by atoms with Crippen molar-refractivity contribution in [3.8, 4) is 0 Å². The minimum Gasteiger partial charge on any atom is -0.481 e. The summed E-state index contributed by atoms with van der Waals surface area (Å²) in [7, 11) is -3.53. The lowest BCUT2D eigenvalue weighted by molar-refractivity contribution is -0.147. The first-order valence-corrected chi connectivity index (χ1v) is 7.95. The highest BCUT2D eigenvalue weighted by molar-refractivity contribution is 7.88. The molecule has 0 radical (unpaired) electrons. The van der Waals surface area contributed by atoms with Gasteiger partial charge in [0.15, 0.2) is 0 Å². The van der Waals surface area contributed by atoms with Crippen molar-refractivity contribution in [1.82, 2.24) is 4.72 Å². The molecule has 7 heteroatoms. The van der Waals surface area contributed by atoms with E-state index >= 15 is 0 Å². The molecule has 2 aliphatic carbocycles. The first-order valence-electron chi connectivity index (χ1n) is 6.30. The van der Waals surface area contributed by atoms with E-state index in [1.54, 1.807) is 0 Å². The van der Waals surface area contributed by atoms with Crippen molar-refractivity contribution in [2.24, 2.45) is 11.3 Å². The molecule has 2 saturated carbocycles. The monoisotopic (exact) mass is 299 g/mol. The molecular formula is C13H14FNO4S. The maximum atomic E-state index is 12.7. The number of rotatable bonds is 5. The topological polar surface area (TPSA) is 83.5 Å². The average Bonchev–Trinajstić information content (AvgIpc) is 2.96. The van der Waals surface area contributed by atoms with Gasteiger partial charge in [-0.2, -0.15) is 0 Å². The summed E-state index contributed by atoms with van der Waals surface area (Å²) in [5.74, 6) is -1.56. The fourth-order valence-corrected chi connectivity index (χ4v) is 4.42. The van der Waals surface area contributed by atoms with Crippen LogP contribution < -0.4 is 4.72 Å². The van der Waals surface area contributed by atoms with Gasteiger partial charge in [0.1, 0.15) is 5.82 Å². The van der Waals surface area contributed by atoms with Crippen molar-refractivity contribution in [3.63, 3.8) is 0 Å². The van der Waals surface area contributed by atoms with E-state index in [4.69, 9.17) is 5.11 Å². The molecule has 0 unspecified atom stereocenters. The molecule has 2 N–H and O–H groups in total. The van der Waals surface area contributed by atoms with Gasteiger partial charge in [-0.15, -0.1) is 0 Å². The molecule has 0 saturated heterocycles. The molecule has 20 heavy (non-hydrogen) atoms. The van der Waals surface area contributed by atoms with Gasteiger partial charge < -0.3 is 5.11 Å². The zero-order valence-electron chi connectivity index (χ0n) is 10.5. The highest BCUT2D eigenvalue weighted by atomic mass is 32.2. The van der Waals surface area contributed by atoms with Gasteiger partial charge in [0.2, 0.25) is 10.0 Å². The summed E-state index contributed by atoms with van der Waals surface area (Å²) in [6, 6.07) is 4.99. The summed E-state index contributed by atoms with van der Waals surface area (Å²) < 4.78 is 39.2. The van der Waals surface area contributed by atoms with E-state index in [0.29, 0.717) is 18.4 Å². The fraction of sp³-hybridized carbons (Fsp3) is 0.462. The van der Waals surface area contributed by atoms with E-state index < -0.39 is 27.2 Å². The Morgan fingerprint density at radius 1 is 1.35 bits per heavy atom. The van der Waals surface area contributed by atoms with E-state index in [2.05, 4.69) is 4.72 Å². The van der Waals surface area contributed by atoms with Crippen LogP contribution in [0.2, 0.25) is 0 Å². The van der Waals surface area contributed by atoms with Crippen molar-refractivity contribution in [2.75, 3.05) is 0 Å². The standard InChI is InChI=1S/C13H14FNO4S/c14-9-3-1-8(2-4-9)7-20(18,19)15-11-6-13(12(16)17)5-10(11)13/h1-4,10-11,15H,5-7H2,(H,16,17)/t10-,11-,13-/m0/s1. The Kier molecular flexibility index (Phi) is 2.88. The smallest absolute Gasteiger partial charge is 0.310 e. The van der Waals surface area contributed by atoms with Gasteiger partial charge in [-0.3, -0.25) is 4.79 Å². The Morgan fingerprint density at radius 2 is 2.00 bits per heavy atom. The number of hydrogen-bond donors (Lipinski definition) is 2. The number of benzene rings is 1. The van der Waals surface area contributed by atoms with Crippen LogP contribution in [0.5, 0.6) is 0 Å². The van der Waals surface area contributed by atoms with E-state index in [-0.39, 0.29) is 17.7 Å². The predicted molar refractivity (Wildman–Crippen MR) is 68.7 cm³/mol. The molecule has 1 aromatic carbocycles. The lowest BCUT2D eigenvalue weighted by Gasteiger charge is -2.31. The second-order valence-electron chi connectivity index (χ2n) is 5.59. The fourth-order valence-electron chi connectivity index (χ4n) is 3.00. The average molecular weight is 299 g/mol. The molecule has 0 spiro atoms. The van der Waals surface area contributed by atoms with Gasteiger partial charge in [-0.05, 0) is 36.5 Å². The minimum atomic E-state index is -3.53. The van der Waals surface area contributed by atoms with Crippen LogP contribution in [-0.2, 0) is 20.6 Å². The third kappa shape index (κ3) is 2.20. The van der Waals surface area contributed by atoms with Gasteiger partial charge in [-0.25, -0.2) is 17.5 Å². The van der Waals surface area contributed by atoms with Gasteiger partial charge in [-0.1, -0.05) is 12.1 Å². The highest BCUT2D eigenvalue weighted by Gasteiger charge is 2.72. The van der Waals surface area contributed by atoms with Crippen LogP contribution in [0.1, 0.15) is 18.4 Å². The number of hydrogen-bond acceptors (Lipinski definition) is 3. The maximum Gasteiger partial charge on any atom is 0.310 e. The number of sulfonamides is 1. The summed E-state index contributed by atoms with van der Waals surface area (Å²) in [6.07, 6.45) is 0.904. The number of nitrogens with one attached hydrogen (secondary N) is 1. The Morgan fingerprint density at radius 3 is 2.50 bits per heavy atom. The molecular weight excluding hydrogens is 285 g/mol. The van der Waals surface area contributed by atoms with Crippen LogP contribution in [0.3, 0.4) is 0 Å². The van der Waals surface area contributed by atoms with Crippen LogP contribution in [0.15, 0.2) is 24.3 Å². The third-order valence-electron chi connectivity index (χ3n) is 4.23. The molecule has 0 amide bonds. The van der Waals surface area contributed by atoms with Crippen LogP contribution in [-0.4, -0.2) is 25.5 Å². The number of carbonyl (C=O) groups is 1. The first-order chi connectivity index (χ1) is 9.32. The molecule has 2 aliphatic rings. The van der Waals surface area contributed by atoms with Gasteiger partial charge in [0, 0.05) is 6.04 Å². The van der Waals surface area contributed by atoms with Crippen LogP contribution in [0.25, 0.3) is 0 Å². The normalized spacial score (nSPS) is 31.2. The quantitative estimate of drug-likeness (QED) is 0.853. The number of halogens is 1. The number of aliphatic carboxylic acids is 1. The molecule has 0 aromatic heterocycles. The van der Waals surface area contributed by atoms with E-state index in [0.717, 1.165) is 0 Å².